The summed E-state index contributed by atoms with van der Waals surface area (Å²) in [5, 5.41) is 0.178. The summed E-state index contributed by atoms with van der Waals surface area (Å²) in [6.07, 6.45) is 1.55. The fourth-order valence-electron chi connectivity index (χ4n) is 2.63. The molecular formula is C20H17BrN2O3S. The van der Waals surface area contributed by atoms with E-state index in [1.165, 1.54) is 9.80 Å². The van der Waals surface area contributed by atoms with Crippen molar-refractivity contribution < 1.29 is 14.3 Å². The maximum Gasteiger partial charge on any atom is 0.265 e. The van der Waals surface area contributed by atoms with E-state index in [2.05, 4.69) is 15.9 Å². The van der Waals surface area contributed by atoms with Crippen molar-refractivity contribution in [2.24, 2.45) is 0 Å². The van der Waals surface area contributed by atoms with Crippen LogP contribution in [0, 0.1) is 0 Å². The van der Waals surface area contributed by atoms with Gasteiger partial charge in [-0.2, -0.15) is 0 Å². The van der Waals surface area contributed by atoms with Gasteiger partial charge in [-0.05, 0) is 42.1 Å². The minimum atomic E-state index is -0.433. The zero-order valence-corrected chi connectivity index (χ0v) is 17.2. The second-order valence-corrected chi connectivity index (χ2v) is 7.31. The molecule has 0 aromatic heterocycles. The van der Waals surface area contributed by atoms with E-state index in [0.29, 0.717) is 17.9 Å². The minimum absolute atomic E-state index is 0.0382. The standard InChI is InChI=1S/C20H17BrN2O3S/c1-22-18(24)16(19(25)23(2)20(22)27)11-14-10-15(21)8-9-17(14)26-12-13-6-4-3-5-7-13/h3-11H,12H2,1-2H3. The lowest BCUT2D eigenvalue weighted by Gasteiger charge is -2.31. The lowest BCUT2D eigenvalue weighted by molar-refractivity contribution is -0.132. The van der Waals surface area contributed by atoms with Gasteiger partial charge in [-0.3, -0.25) is 19.4 Å². The summed E-state index contributed by atoms with van der Waals surface area (Å²) in [4.78, 5) is 27.6. The summed E-state index contributed by atoms with van der Waals surface area (Å²) in [6, 6.07) is 15.2. The highest BCUT2D eigenvalue weighted by Gasteiger charge is 2.35. The first-order valence-electron chi connectivity index (χ1n) is 8.16. The topological polar surface area (TPSA) is 49.9 Å². The number of ether oxygens (including phenoxy) is 1. The third kappa shape index (κ3) is 4.09. The second kappa shape index (κ2) is 8.02. The Morgan fingerprint density at radius 3 is 2.30 bits per heavy atom. The third-order valence-electron chi connectivity index (χ3n) is 4.15. The molecule has 1 aliphatic heterocycles. The number of hydrogen-bond donors (Lipinski definition) is 0. The van der Waals surface area contributed by atoms with E-state index in [4.69, 9.17) is 17.0 Å². The number of carbonyl (C=O) groups excluding carboxylic acids is 2. The first-order valence-corrected chi connectivity index (χ1v) is 9.36. The Morgan fingerprint density at radius 2 is 1.67 bits per heavy atom. The van der Waals surface area contributed by atoms with E-state index in [-0.39, 0.29) is 10.7 Å². The van der Waals surface area contributed by atoms with E-state index in [0.717, 1.165) is 10.0 Å². The first-order chi connectivity index (χ1) is 12.9. The summed E-state index contributed by atoms with van der Waals surface area (Å²) in [6.45, 7) is 0.379. The van der Waals surface area contributed by atoms with Crippen LogP contribution in [0.1, 0.15) is 11.1 Å². The summed E-state index contributed by atoms with van der Waals surface area (Å²) in [5.74, 6) is -0.289. The Labute approximate surface area is 171 Å². The van der Waals surface area contributed by atoms with Crippen molar-refractivity contribution in [1.29, 1.82) is 0 Å². The predicted octanol–water partition coefficient (Wildman–Crippen LogP) is 3.63. The number of thiocarbonyl (C=S) groups is 1. The summed E-state index contributed by atoms with van der Waals surface area (Å²) < 4.78 is 6.74. The van der Waals surface area contributed by atoms with E-state index in [1.54, 1.807) is 32.3 Å². The van der Waals surface area contributed by atoms with Crippen LogP contribution in [0.2, 0.25) is 0 Å². The molecule has 0 N–H and O–H groups in total. The van der Waals surface area contributed by atoms with Crippen LogP contribution in [0.4, 0.5) is 0 Å². The van der Waals surface area contributed by atoms with Gasteiger partial charge in [0.15, 0.2) is 5.11 Å². The predicted molar refractivity (Wildman–Crippen MR) is 111 cm³/mol. The van der Waals surface area contributed by atoms with Crippen molar-refractivity contribution in [3.8, 4) is 5.75 Å². The van der Waals surface area contributed by atoms with Crippen molar-refractivity contribution in [1.82, 2.24) is 9.80 Å². The van der Waals surface area contributed by atoms with Crippen LogP contribution in [-0.2, 0) is 16.2 Å². The summed E-state index contributed by atoms with van der Waals surface area (Å²) >= 11 is 8.54. The van der Waals surface area contributed by atoms with Crippen molar-refractivity contribution in [2.75, 3.05) is 14.1 Å². The molecule has 1 saturated heterocycles. The van der Waals surface area contributed by atoms with E-state index in [1.807, 2.05) is 36.4 Å². The van der Waals surface area contributed by atoms with Crippen molar-refractivity contribution >= 4 is 51.2 Å². The average molecular weight is 445 g/mol. The highest BCUT2D eigenvalue weighted by molar-refractivity contribution is 9.10. The number of benzene rings is 2. The number of hydrogen-bond acceptors (Lipinski definition) is 4. The van der Waals surface area contributed by atoms with Gasteiger partial charge in [0.25, 0.3) is 11.8 Å². The molecule has 0 bridgehead atoms. The van der Waals surface area contributed by atoms with Crippen LogP contribution in [-0.4, -0.2) is 40.8 Å². The molecule has 2 aromatic rings. The molecule has 0 spiro atoms. The zero-order valence-electron chi connectivity index (χ0n) is 14.8. The fraction of sp³-hybridized carbons (Fsp3) is 0.150. The van der Waals surface area contributed by atoms with Gasteiger partial charge in [0.05, 0.1) is 0 Å². The van der Waals surface area contributed by atoms with Gasteiger partial charge < -0.3 is 4.74 Å². The van der Waals surface area contributed by atoms with Gasteiger partial charge in [0.1, 0.15) is 17.9 Å². The number of halogens is 1. The molecule has 1 fully saturated rings. The SMILES string of the molecule is CN1C(=O)C(=Cc2cc(Br)ccc2OCc2ccccc2)C(=O)N(C)C1=S. The molecule has 138 valence electrons. The Morgan fingerprint density at radius 1 is 1.04 bits per heavy atom. The van der Waals surface area contributed by atoms with Crippen molar-refractivity contribution in [3.63, 3.8) is 0 Å². The van der Waals surface area contributed by atoms with E-state index >= 15 is 0 Å². The number of rotatable bonds is 4. The second-order valence-electron chi connectivity index (χ2n) is 6.03. The summed E-state index contributed by atoms with van der Waals surface area (Å²) in [7, 11) is 3.10. The third-order valence-corrected chi connectivity index (χ3v) is 5.19. The fourth-order valence-corrected chi connectivity index (χ4v) is 3.17. The van der Waals surface area contributed by atoms with E-state index in [9.17, 15) is 9.59 Å². The van der Waals surface area contributed by atoms with Crippen molar-refractivity contribution in [2.45, 2.75) is 6.61 Å². The molecular weight excluding hydrogens is 428 g/mol. The molecule has 0 unspecified atom stereocenters. The van der Waals surface area contributed by atoms with Gasteiger partial charge in [-0.25, -0.2) is 0 Å². The molecule has 5 nitrogen and oxygen atoms in total. The zero-order chi connectivity index (χ0) is 19.6. The van der Waals surface area contributed by atoms with Crippen LogP contribution in [0.25, 0.3) is 6.08 Å². The number of nitrogens with zero attached hydrogens (tertiary/aromatic N) is 2. The van der Waals surface area contributed by atoms with Gasteiger partial charge in [-0.1, -0.05) is 46.3 Å². The molecule has 27 heavy (non-hydrogen) atoms. The first kappa shape index (κ1) is 19.3. The van der Waals surface area contributed by atoms with Crippen molar-refractivity contribution in [3.05, 3.63) is 69.7 Å². The van der Waals surface area contributed by atoms with Crippen LogP contribution in [0.15, 0.2) is 58.6 Å². The van der Waals surface area contributed by atoms with Crippen LogP contribution >= 0.6 is 28.1 Å². The highest BCUT2D eigenvalue weighted by atomic mass is 79.9. The molecule has 0 saturated carbocycles. The molecule has 3 rings (SSSR count). The van der Waals surface area contributed by atoms with E-state index < -0.39 is 11.8 Å². The monoisotopic (exact) mass is 444 g/mol. The summed E-state index contributed by atoms with van der Waals surface area (Å²) in [5.41, 5.74) is 1.69. The van der Waals surface area contributed by atoms with Gasteiger partial charge in [0.2, 0.25) is 0 Å². The van der Waals surface area contributed by atoms with Crippen LogP contribution < -0.4 is 4.74 Å². The molecule has 0 radical (unpaired) electrons. The number of carbonyl (C=O) groups is 2. The van der Waals surface area contributed by atoms with Gasteiger partial charge in [-0.15, -0.1) is 0 Å². The molecule has 0 aliphatic carbocycles. The molecule has 7 heteroatoms. The number of likely N-dealkylation sites (N-methyl/N-ethyl adjacent to an activating group) is 2. The van der Waals surface area contributed by atoms with Crippen LogP contribution in [0.5, 0.6) is 5.75 Å². The van der Waals surface area contributed by atoms with Crippen LogP contribution in [0.3, 0.4) is 0 Å². The average Bonchev–Trinajstić information content (AvgIpc) is 2.68. The van der Waals surface area contributed by atoms with Gasteiger partial charge in [0, 0.05) is 24.1 Å². The molecule has 2 aromatic carbocycles. The molecule has 2 amide bonds. The largest absolute Gasteiger partial charge is 0.488 e. The Balaban J connectivity index is 1.94. The Kier molecular flexibility index (Phi) is 5.72. The Bertz CT molecular complexity index is 917. The maximum absolute atomic E-state index is 12.5. The Hall–Kier alpha value is -2.51. The highest BCUT2D eigenvalue weighted by Crippen LogP contribution is 2.28. The maximum atomic E-state index is 12.5. The molecule has 1 heterocycles. The molecule has 1 aliphatic rings. The minimum Gasteiger partial charge on any atom is -0.488 e. The quantitative estimate of drug-likeness (QED) is 0.410. The number of amides is 2. The normalized spacial score (nSPS) is 14.6. The smallest absolute Gasteiger partial charge is 0.265 e. The lowest BCUT2D eigenvalue weighted by Crippen LogP contribution is -2.52. The lowest BCUT2D eigenvalue weighted by atomic mass is 10.1. The van der Waals surface area contributed by atoms with Gasteiger partial charge >= 0.3 is 0 Å². The molecule has 0 atom stereocenters.